The van der Waals surface area contributed by atoms with Gasteiger partial charge < -0.3 is 20.1 Å². The molecule has 0 spiro atoms. The summed E-state index contributed by atoms with van der Waals surface area (Å²) in [5, 5.41) is 5.79. The number of carbonyl (C=O) groups is 1. The number of urea groups is 1. The van der Waals surface area contributed by atoms with Gasteiger partial charge in [0, 0.05) is 27.1 Å². The molecule has 3 rings (SSSR count). The lowest BCUT2D eigenvalue weighted by atomic mass is 9.96. The molecule has 1 heterocycles. The molecule has 0 saturated heterocycles. The van der Waals surface area contributed by atoms with Crippen LogP contribution in [0.4, 0.5) is 4.79 Å². The van der Waals surface area contributed by atoms with Gasteiger partial charge in [0.1, 0.15) is 0 Å². The minimum Gasteiger partial charge on any atom is -0.490 e. The van der Waals surface area contributed by atoms with E-state index in [1.165, 1.54) is 14.1 Å². The van der Waals surface area contributed by atoms with Crippen molar-refractivity contribution >= 4 is 16.1 Å². The molecule has 2 aromatic rings. The molecule has 2 N–H and O–H groups in total. The molecule has 0 bridgehead atoms. The number of carbonyl (C=O) groups excluding carboxylic acids is 1. The number of hydrogen-bond donors (Lipinski definition) is 2. The third-order valence-electron chi connectivity index (χ3n) is 5.25. The summed E-state index contributed by atoms with van der Waals surface area (Å²) in [6.45, 7) is 5.33. The molecule has 0 radical (unpaired) electrons. The third-order valence-corrected chi connectivity index (χ3v) is 7.17. The minimum atomic E-state index is -3.61. The standard InChI is InChI=1S/C23H31N3O5S/c1-16(2)22(17-10-11-19-20(14-17)31-13-7-12-30-19)25-23(27)24-15-18-8-5-6-9-21(18)32(28,29)26(3)4/h5-6,8-11,14,16,22H,7,12-13,15H2,1-4H3,(H2,24,25,27)/t22-/m0/s1. The van der Waals surface area contributed by atoms with Gasteiger partial charge in [-0.25, -0.2) is 17.5 Å². The van der Waals surface area contributed by atoms with Crippen LogP contribution in [0.15, 0.2) is 47.4 Å². The molecule has 32 heavy (non-hydrogen) atoms. The van der Waals surface area contributed by atoms with E-state index < -0.39 is 10.0 Å². The van der Waals surface area contributed by atoms with Crippen molar-refractivity contribution in [2.24, 2.45) is 5.92 Å². The van der Waals surface area contributed by atoms with Crippen molar-refractivity contribution in [1.29, 1.82) is 0 Å². The highest BCUT2D eigenvalue weighted by molar-refractivity contribution is 7.89. The SMILES string of the molecule is CC(C)[C@H](NC(=O)NCc1ccccc1S(=O)(=O)N(C)C)c1ccc2c(c1)OCCCO2. The lowest BCUT2D eigenvalue weighted by molar-refractivity contribution is 0.232. The summed E-state index contributed by atoms with van der Waals surface area (Å²) in [7, 11) is -0.649. The summed E-state index contributed by atoms with van der Waals surface area (Å²) in [4.78, 5) is 12.9. The maximum absolute atomic E-state index is 12.7. The summed E-state index contributed by atoms with van der Waals surface area (Å²) < 4.78 is 37.8. The molecule has 9 heteroatoms. The Labute approximate surface area is 190 Å². The predicted molar refractivity (Wildman–Crippen MR) is 122 cm³/mol. The van der Waals surface area contributed by atoms with Crippen LogP contribution in [0.3, 0.4) is 0 Å². The monoisotopic (exact) mass is 461 g/mol. The first-order chi connectivity index (χ1) is 15.2. The topological polar surface area (TPSA) is 97.0 Å². The second-order valence-electron chi connectivity index (χ2n) is 8.20. The van der Waals surface area contributed by atoms with Gasteiger partial charge in [0.25, 0.3) is 0 Å². The molecule has 0 fully saturated rings. The van der Waals surface area contributed by atoms with Crippen LogP contribution in [0, 0.1) is 5.92 Å². The molecule has 0 saturated carbocycles. The Balaban J connectivity index is 1.72. The third kappa shape index (κ3) is 5.52. The van der Waals surface area contributed by atoms with Gasteiger partial charge in [-0.3, -0.25) is 0 Å². The average molecular weight is 462 g/mol. The van der Waals surface area contributed by atoms with Crippen LogP contribution in [0.1, 0.15) is 37.4 Å². The highest BCUT2D eigenvalue weighted by Crippen LogP contribution is 2.34. The van der Waals surface area contributed by atoms with E-state index in [4.69, 9.17) is 9.47 Å². The molecule has 174 valence electrons. The number of ether oxygens (including phenoxy) is 2. The maximum Gasteiger partial charge on any atom is 0.315 e. The van der Waals surface area contributed by atoms with Crippen molar-refractivity contribution in [3.63, 3.8) is 0 Å². The molecule has 1 aliphatic heterocycles. The van der Waals surface area contributed by atoms with E-state index in [0.717, 1.165) is 16.3 Å². The Kier molecular flexibility index (Phi) is 7.63. The van der Waals surface area contributed by atoms with Crippen LogP contribution in [0.25, 0.3) is 0 Å². The quantitative estimate of drug-likeness (QED) is 0.660. The van der Waals surface area contributed by atoms with Crippen molar-refractivity contribution in [3.05, 3.63) is 53.6 Å². The number of benzene rings is 2. The van der Waals surface area contributed by atoms with Crippen LogP contribution in [-0.4, -0.2) is 46.1 Å². The lowest BCUT2D eigenvalue weighted by Crippen LogP contribution is -2.39. The summed E-state index contributed by atoms with van der Waals surface area (Å²) in [5.74, 6) is 1.50. The van der Waals surface area contributed by atoms with Gasteiger partial charge in [0.05, 0.1) is 24.2 Å². The Bertz CT molecular complexity index is 1050. The summed E-state index contributed by atoms with van der Waals surface area (Å²) >= 11 is 0. The highest BCUT2D eigenvalue weighted by Gasteiger charge is 2.23. The predicted octanol–water partition coefficient (Wildman–Crippen LogP) is 3.29. The van der Waals surface area contributed by atoms with Crippen molar-refractivity contribution in [3.8, 4) is 11.5 Å². The first-order valence-electron chi connectivity index (χ1n) is 10.6. The Morgan fingerprint density at radius 1 is 1.06 bits per heavy atom. The van der Waals surface area contributed by atoms with E-state index in [-0.39, 0.29) is 29.4 Å². The van der Waals surface area contributed by atoms with Crippen molar-refractivity contribution in [2.75, 3.05) is 27.3 Å². The number of sulfonamides is 1. The van der Waals surface area contributed by atoms with E-state index >= 15 is 0 Å². The van der Waals surface area contributed by atoms with Gasteiger partial charge in [-0.2, -0.15) is 0 Å². The van der Waals surface area contributed by atoms with E-state index in [1.54, 1.807) is 24.3 Å². The van der Waals surface area contributed by atoms with Gasteiger partial charge in [0.2, 0.25) is 10.0 Å². The van der Waals surface area contributed by atoms with Crippen LogP contribution in [0.2, 0.25) is 0 Å². The van der Waals surface area contributed by atoms with Gasteiger partial charge in [-0.05, 0) is 35.2 Å². The highest BCUT2D eigenvalue weighted by atomic mass is 32.2. The number of hydrogen-bond acceptors (Lipinski definition) is 5. The lowest BCUT2D eigenvalue weighted by Gasteiger charge is -2.24. The first kappa shape index (κ1) is 23.9. The zero-order chi connectivity index (χ0) is 23.3. The van der Waals surface area contributed by atoms with Crippen LogP contribution >= 0.6 is 0 Å². The molecule has 2 aromatic carbocycles. The van der Waals surface area contributed by atoms with Gasteiger partial charge in [0.15, 0.2) is 11.5 Å². The summed E-state index contributed by atoms with van der Waals surface area (Å²) in [6, 6.07) is 11.7. The van der Waals surface area contributed by atoms with Gasteiger partial charge in [-0.15, -0.1) is 0 Å². The molecule has 0 aromatic heterocycles. The van der Waals surface area contributed by atoms with Gasteiger partial charge in [-0.1, -0.05) is 38.1 Å². The molecule has 0 unspecified atom stereocenters. The Morgan fingerprint density at radius 3 is 2.44 bits per heavy atom. The Hall–Kier alpha value is -2.78. The van der Waals surface area contributed by atoms with E-state index in [9.17, 15) is 13.2 Å². The number of nitrogens with zero attached hydrogens (tertiary/aromatic N) is 1. The smallest absolute Gasteiger partial charge is 0.315 e. The second-order valence-corrected chi connectivity index (χ2v) is 10.3. The summed E-state index contributed by atoms with van der Waals surface area (Å²) in [5.41, 5.74) is 1.43. The summed E-state index contributed by atoms with van der Waals surface area (Å²) in [6.07, 6.45) is 0.823. The fourth-order valence-corrected chi connectivity index (χ4v) is 4.59. The van der Waals surface area contributed by atoms with Crippen LogP contribution in [0.5, 0.6) is 11.5 Å². The van der Waals surface area contributed by atoms with Crippen LogP contribution < -0.4 is 20.1 Å². The zero-order valence-electron chi connectivity index (χ0n) is 18.9. The van der Waals surface area contributed by atoms with E-state index in [1.807, 2.05) is 32.0 Å². The normalized spacial score (nSPS) is 14.7. The maximum atomic E-state index is 12.7. The molecular formula is C23H31N3O5S. The van der Waals surface area contributed by atoms with E-state index in [0.29, 0.717) is 30.3 Å². The average Bonchev–Trinajstić information content (AvgIpc) is 3.00. The first-order valence-corrected chi connectivity index (χ1v) is 12.1. The van der Waals surface area contributed by atoms with Gasteiger partial charge >= 0.3 is 6.03 Å². The molecular weight excluding hydrogens is 430 g/mol. The minimum absolute atomic E-state index is 0.0844. The molecule has 1 atom stereocenters. The zero-order valence-corrected chi connectivity index (χ0v) is 19.7. The van der Waals surface area contributed by atoms with Crippen molar-refractivity contribution in [1.82, 2.24) is 14.9 Å². The number of rotatable bonds is 7. The van der Waals surface area contributed by atoms with Crippen molar-refractivity contribution < 1.29 is 22.7 Å². The second kappa shape index (κ2) is 10.2. The number of fused-ring (bicyclic) bond motifs is 1. The largest absolute Gasteiger partial charge is 0.490 e. The Morgan fingerprint density at radius 2 is 1.75 bits per heavy atom. The number of nitrogens with one attached hydrogen (secondary N) is 2. The van der Waals surface area contributed by atoms with Crippen molar-refractivity contribution in [2.45, 2.75) is 37.8 Å². The van der Waals surface area contributed by atoms with Crippen LogP contribution in [-0.2, 0) is 16.6 Å². The van der Waals surface area contributed by atoms with E-state index in [2.05, 4.69) is 10.6 Å². The molecule has 0 aliphatic carbocycles. The fraction of sp³-hybridized carbons (Fsp3) is 0.435. The molecule has 8 nitrogen and oxygen atoms in total. The molecule has 1 aliphatic rings. The molecule has 2 amide bonds. The number of amides is 2. The fourth-order valence-electron chi connectivity index (χ4n) is 3.47.